The van der Waals surface area contributed by atoms with Gasteiger partial charge in [0.2, 0.25) is 0 Å². The quantitative estimate of drug-likeness (QED) is 0.743. The van der Waals surface area contributed by atoms with Crippen molar-refractivity contribution < 1.29 is 0 Å². The van der Waals surface area contributed by atoms with Crippen LogP contribution in [0.2, 0.25) is 0 Å². The van der Waals surface area contributed by atoms with Crippen LogP contribution in [0.5, 0.6) is 0 Å². The maximum Gasteiger partial charge on any atom is 0.0267 e. The lowest BCUT2D eigenvalue weighted by Gasteiger charge is -2.08. The predicted molar refractivity (Wildman–Crippen MR) is 80.5 cm³/mol. The average Bonchev–Trinajstić information content (AvgIpc) is 2.29. The van der Waals surface area contributed by atoms with E-state index in [1.165, 1.54) is 16.7 Å². The SMILES string of the molecule is CC(C)=CCCC(C)=CC(N)Cc1ccccc1. The van der Waals surface area contributed by atoms with Crippen molar-refractivity contribution in [3.05, 3.63) is 59.2 Å². The lowest BCUT2D eigenvalue weighted by atomic mass is 10.0. The second-order valence-corrected chi connectivity index (χ2v) is 5.19. The summed E-state index contributed by atoms with van der Waals surface area (Å²) in [7, 11) is 0. The molecule has 0 amide bonds. The lowest BCUT2D eigenvalue weighted by Crippen LogP contribution is -2.20. The highest BCUT2D eigenvalue weighted by Gasteiger charge is 2.01. The van der Waals surface area contributed by atoms with Crippen LogP contribution in [0, 0.1) is 0 Å². The second-order valence-electron chi connectivity index (χ2n) is 5.19. The molecule has 1 aromatic rings. The molecular weight excluding hydrogens is 218 g/mol. The number of benzene rings is 1. The molecule has 1 heteroatoms. The molecule has 1 rings (SSSR count). The Bertz CT molecular complexity index is 397. The molecule has 1 aromatic carbocycles. The minimum absolute atomic E-state index is 0.124. The molecule has 1 atom stereocenters. The third-order valence-electron chi connectivity index (χ3n) is 2.90. The smallest absolute Gasteiger partial charge is 0.0267 e. The Kier molecular flexibility index (Phi) is 6.45. The molecule has 0 spiro atoms. The zero-order valence-corrected chi connectivity index (χ0v) is 11.8. The van der Waals surface area contributed by atoms with Gasteiger partial charge in [0.25, 0.3) is 0 Å². The van der Waals surface area contributed by atoms with E-state index in [9.17, 15) is 0 Å². The summed E-state index contributed by atoms with van der Waals surface area (Å²) in [6.45, 7) is 6.45. The van der Waals surface area contributed by atoms with Crippen molar-refractivity contribution in [1.82, 2.24) is 0 Å². The summed E-state index contributed by atoms with van der Waals surface area (Å²) in [5, 5.41) is 0. The van der Waals surface area contributed by atoms with Crippen LogP contribution >= 0.6 is 0 Å². The fourth-order valence-corrected chi connectivity index (χ4v) is 1.98. The Balaban J connectivity index is 2.42. The Morgan fingerprint density at radius 1 is 1.17 bits per heavy atom. The molecule has 1 unspecified atom stereocenters. The fourth-order valence-electron chi connectivity index (χ4n) is 1.98. The summed E-state index contributed by atoms with van der Waals surface area (Å²) in [6, 6.07) is 10.5. The van der Waals surface area contributed by atoms with Gasteiger partial charge in [-0.1, -0.05) is 53.6 Å². The lowest BCUT2D eigenvalue weighted by molar-refractivity contribution is 0.793. The third-order valence-corrected chi connectivity index (χ3v) is 2.90. The summed E-state index contributed by atoms with van der Waals surface area (Å²) in [5.74, 6) is 0. The van der Waals surface area contributed by atoms with Gasteiger partial charge in [-0.05, 0) is 45.6 Å². The van der Waals surface area contributed by atoms with E-state index in [-0.39, 0.29) is 6.04 Å². The van der Waals surface area contributed by atoms with Gasteiger partial charge in [-0.15, -0.1) is 0 Å². The Morgan fingerprint density at radius 3 is 2.44 bits per heavy atom. The van der Waals surface area contributed by atoms with Crippen LogP contribution in [0.25, 0.3) is 0 Å². The summed E-state index contributed by atoms with van der Waals surface area (Å²) >= 11 is 0. The average molecular weight is 243 g/mol. The molecule has 0 aromatic heterocycles. The number of allylic oxidation sites excluding steroid dienone is 3. The fraction of sp³-hybridized carbons (Fsp3) is 0.412. The standard InChI is InChI=1S/C17H25N/c1-14(2)8-7-9-15(3)12-17(18)13-16-10-5-4-6-11-16/h4-6,8,10-12,17H,7,9,13,18H2,1-3H3. The van der Waals surface area contributed by atoms with Gasteiger partial charge >= 0.3 is 0 Å². The first-order valence-electron chi connectivity index (χ1n) is 6.68. The van der Waals surface area contributed by atoms with E-state index in [0.717, 1.165) is 19.3 Å². The maximum atomic E-state index is 6.15. The molecule has 0 saturated carbocycles. The van der Waals surface area contributed by atoms with Gasteiger partial charge < -0.3 is 5.73 Å². The molecule has 0 saturated heterocycles. The molecule has 0 radical (unpaired) electrons. The van der Waals surface area contributed by atoms with Crippen LogP contribution in [0.15, 0.2) is 53.6 Å². The van der Waals surface area contributed by atoms with Gasteiger partial charge in [0.15, 0.2) is 0 Å². The number of nitrogens with two attached hydrogens (primary N) is 1. The van der Waals surface area contributed by atoms with Crippen molar-refractivity contribution in [2.24, 2.45) is 5.73 Å². The molecule has 0 aliphatic rings. The summed E-state index contributed by atoms with van der Waals surface area (Å²) in [6.07, 6.45) is 7.61. The summed E-state index contributed by atoms with van der Waals surface area (Å²) in [4.78, 5) is 0. The van der Waals surface area contributed by atoms with E-state index in [0.29, 0.717) is 0 Å². The van der Waals surface area contributed by atoms with E-state index in [1.807, 2.05) is 6.07 Å². The van der Waals surface area contributed by atoms with E-state index in [1.54, 1.807) is 0 Å². The summed E-state index contributed by atoms with van der Waals surface area (Å²) < 4.78 is 0. The third kappa shape index (κ3) is 6.41. The number of hydrogen-bond acceptors (Lipinski definition) is 1. The Hall–Kier alpha value is -1.34. The highest BCUT2D eigenvalue weighted by atomic mass is 14.6. The van der Waals surface area contributed by atoms with Crippen molar-refractivity contribution in [3.8, 4) is 0 Å². The van der Waals surface area contributed by atoms with Gasteiger partial charge in [0.05, 0.1) is 0 Å². The molecule has 0 heterocycles. The largest absolute Gasteiger partial charge is 0.324 e. The van der Waals surface area contributed by atoms with Crippen LogP contribution < -0.4 is 5.73 Å². The number of rotatable bonds is 6. The van der Waals surface area contributed by atoms with Crippen molar-refractivity contribution >= 4 is 0 Å². The van der Waals surface area contributed by atoms with Crippen LogP contribution in [-0.2, 0) is 6.42 Å². The first-order chi connectivity index (χ1) is 8.58. The normalized spacial score (nSPS) is 13.2. The second kappa shape index (κ2) is 7.88. The van der Waals surface area contributed by atoms with Gasteiger partial charge in [0.1, 0.15) is 0 Å². The van der Waals surface area contributed by atoms with Gasteiger partial charge in [-0.2, -0.15) is 0 Å². The molecular formula is C17H25N. The van der Waals surface area contributed by atoms with Crippen molar-refractivity contribution in [1.29, 1.82) is 0 Å². The van der Waals surface area contributed by atoms with E-state index >= 15 is 0 Å². The molecule has 98 valence electrons. The van der Waals surface area contributed by atoms with Crippen LogP contribution in [0.1, 0.15) is 39.2 Å². The molecule has 0 bridgehead atoms. The minimum atomic E-state index is 0.124. The molecule has 0 aliphatic carbocycles. The topological polar surface area (TPSA) is 26.0 Å². The zero-order valence-electron chi connectivity index (χ0n) is 11.8. The highest BCUT2D eigenvalue weighted by Crippen LogP contribution is 2.09. The van der Waals surface area contributed by atoms with Crippen LogP contribution in [0.4, 0.5) is 0 Å². The van der Waals surface area contributed by atoms with Crippen molar-refractivity contribution in [2.75, 3.05) is 0 Å². The highest BCUT2D eigenvalue weighted by molar-refractivity contribution is 5.18. The van der Waals surface area contributed by atoms with Crippen molar-refractivity contribution in [3.63, 3.8) is 0 Å². The van der Waals surface area contributed by atoms with Gasteiger partial charge in [0, 0.05) is 6.04 Å². The van der Waals surface area contributed by atoms with Gasteiger partial charge in [-0.25, -0.2) is 0 Å². The predicted octanol–water partition coefficient (Wildman–Crippen LogP) is 4.25. The van der Waals surface area contributed by atoms with E-state index in [4.69, 9.17) is 5.73 Å². The van der Waals surface area contributed by atoms with Crippen LogP contribution in [-0.4, -0.2) is 6.04 Å². The van der Waals surface area contributed by atoms with Crippen molar-refractivity contribution in [2.45, 2.75) is 46.1 Å². The van der Waals surface area contributed by atoms with E-state index < -0.39 is 0 Å². The summed E-state index contributed by atoms with van der Waals surface area (Å²) in [5.41, 5.74) is 10.2. The first kappa shape index (κ1) is 14.7. The maximum absolute atomic E-state index is 6.15. The Labute approximate surface area is 111 Å². The minimum Gasteiger partial charge on any atom is -0.324 e. The first-order valence-corrected chi connectivity index (χ1v) is 6.68. The zero-order chi connectivity index (χ0) is 13.4. The molecule has 2 N–H and O–H groups in total. The number of hydrogen-bond donors (Lipinski definition) is 1. The van der Waals surface area contributed by atoms with Crippen LogP contribution in [0.3, 0.4) is 0 Å². The molecule has 0 aliphatic heterocycles. The molecule has 0 fully saturated rings. The molecule has 18 heavy (non-hydrogen) atoms. The Morgan fingerprint density at radius 2 is 1.83 bits per heavy atom. The van der Waals surface area contributed by atoms with E-state index in [2.05, 4.69) is 57.2 Å². The van der Waals surface area contributed by atoms with Gasteiger partial charge in [-0.3, -0.25) is 0 Å². The monoisotopic (exact) mass is 243 g/mol. The molecule has 1 nitrogen and oxygen atoms in total.